The molecule has 0 unspecified atom stereocenters. The van der Waals surface area contributed by atoms with Crippen LogP contribution in [0.3, 0.4) is 0 Å². The molecule has 0 aliphatic carbocycles. The lowest BCUT2D eigenvalue weighted by molar-refractivity contribution is -0.139. The Bertz CT molecular complexity index is 427. The van der Waals surface area contributed by atoms with Crippen LogP contribution in [0.4, 0.5) is 8.78 Å². The van der Waals surface area contributed by atoms with Crippen molar-refractivity contribution in [3.8, 4) is 0 Å². The molecule has 0 saturated carbocycles. The van der Waals surface area contributed by atoms with Gasteiger partial charge < -0.3 is 10.5 Å². The standard InChI is InChI=1S/C10H11F2IN2O2/c1-17-7(16)2-5-4-15-10(13)8(9(11)12)6(5)3-14/h4,9H,2-3,14H2,1H3. The summed E-state index contributed by atoms with van der Waals surface area (Å²) in [6.07, 6.45) is -1.38. The van der Waals surface area contributed by atoms with Gasteiger partial charge in [0.15, 0.2) is 0 Å². The number of nitrogens with zero attached hydrogens (tertiary/aromatic N) is 1. The van der Waals surface area contributed by atoms with Gasteiger partial charge in [-0.05, 0) is 33.7 Å². The van der Waals surface area contributed by atoms with Gasteiger partial charge >= 0.3 is 5.97 Å². The zero-order chi connectivity index (χ0) is 13.0. The van der Waals surface area contributed by atoms with Gasteiger partial charge in [0, 0.05) is 12.7 Å². The highest BCUT2D eigenvalue weighted by molar-refractivity contribution is 14.1. The minimum atomic E-state index is -2.66. The first kappa shape index (κ1) is 14.2. The summed E-state index contributed by atoms with van der Waals surface area (Å²) >= 11 is 1.72. The molecule has 0 aromatic carbocycles. The van der Waals surface area contributed by atoms with Crippen LogP contribution in [0.2, 0.25) is 0 Å². The summed E-state index contributed by atoms with van der Waals surface area (Å²) in [5.41, 5.74) is 5.91. The normalized spacial score (nSPS) is 10.7. The molecule has 4 nitrogen and oxygen atoms in total. The molecule has 2 N–H and O–H groups in total. The monoisotopic (exact) mass is 356 g/mol. The van der Waals surface area contributed by atoms with Crippen molar-refractivity contribution in [3.05, 3.63) is 26.6 Å². The second-order valence-corrected chi connectivity index (χ2v) is 4.25. The van der Waals surface area contributed by atoms with Gasteiger partial charge in [-0.3, -0.25) is 4.79 Å². The number of aromatic nitrogens is 1. The molecular formula is C10H11F2IN2O2. The van der Waals surface area contributed by atoms with Crippen molar-refractivity contribution >= 4 is 28.6 Å². The van der Waals surface area contributed by atoms with Crippen LogP contribution in [0.25, 0.3) is 0 Å². The van der Waals surface area contributed by atoms with E-state index in [2.05, 4.69) is 9.72 Å². The number of carbonyl (C=O) groups is 1. The quantitative estimate of drug-likeness (QED) is 0.508. The smallest absolute Gasteiger partial charge is 0.310 e. The number of methoxy groups -OCH3 is 1. The van der Waals surface area contributed by atoms with Crippen molar-refractivity contribution in [1.29, 1.82) is 0 Å². The van der Waals surface area contributed by atoms with E-state index in [9.17, 15) is 13.6 Å². The number of carbonyl (C=O) groups excluding carboxylic acids is 1. The Labute approximate surface area is 111 Å². The lowest BCUT2D eigenvalue weighted by Gasteiger charge is -2.13. The first-order valence-electron chi connectivity index (χ1n) is 4.72. The average molecular weight is 356 g/mol. The molecule has 1 aromatic heterocycles. The molecule has 0 radical (unpaired) electrons. The number of ether oxygens (including phenoxy) is 1. The first-order chi connectivity index (χ1) is 8.01. The Kier molecular flexibility index (Phi) is 5.19. The van der Waals surface area contributed by atoms with Crippen LogP contribution in [0.15, 0.2) is 6.20 Å². The van der Waals surface area contributed by atoms with E-state index in [1.54, 1.807) is 22.6 Å². The minimum absolute atomic E-state index is 0.0650. The molecule has 1 heterocycles. The molecule has 94 valence electrons. The van der Waals surface area contributed by atoms with Crippen molar-refractivity contribution in [2.24, 2.45) is 5.73 Å². The molecule has 0 aliphatic rings. The van der Waals surface area contributed by atoms with E-state index in [-0.39, 0.29) is 27.8 Å². The lowest BCUT2D eigenvalue weighted by atomic mass is 10.0. The van der Waals surface area contributed by atoms with Crippen LogP contribution in [0.5, 0.6) is 0 Å². The highest BCUT2D eigenvalue weighted by Crippen LogP contribution is 2.29. The number of esters is 1. The Morgan fingerprint density at radius 3 is 2.76 bits per heavy atom. The van der Waals surface area contributed by atoms with Gasteiger partial charge in [0.1, 0.15) is 3.70 Å². The summed E-state index contributed by atoms with van der Waals surface area (Å²) in [6, 6.07) is 0. The molecule has 1 rings (SSSR count). The fraction of sp³-hybridized carbons (Fsp3) is 0.400. The van der Waals surface area contributed by atoms with Crippen molar-refractivity contribution in [1.82, 2.24) is 4.98 Å². The van der Waals surface area contributed by atoms with E-state index in [1.807, 2.05) is 0 Å². The van der Waals surface area contributed by atoms with Crippen LogP contribution >= 0.6 is 22.6 Å². The number of halogens is 3. The predicted molar refractivity (Wildman–Crippen MR) is 65.5 cm³/mol. The maximum absolute atomic E-state index is 12.9. The summed E-state index contributed by atoms with van der Waals surface area (Å²) in [4.78, 5) is 15.0. The molecule has 0 atom stereocenters. The maximum atomic E-state index is 12.9. The molecule has 0 spiro atoms. The molecule has 0 amide bonds. The topological polar surface area (TPSA) is 65.2 Å². The summed E-state index contributed by atoms with van der Waals surface area (Å²) in [7, 11) is 1.23. The molecule has 17 heavy (non-hydrogen) atoms. The largest absolute Gasteiger partial charge is 0.469 e. The molecule has 0 fully saturated rings. The number of alkyl halides is 2. The summed E-state index contributed by atoms with van der Waals surface area (Å²) in [6.45, 7) is -0.0650. The molecule has 0 aliphatic heterocycles. The van der Waals surface area contributed by atoms with Crippen LogP contribution in [-0.2, 0) is 22.5 Å². The van der Waals surface area contributed by atoms with Gasteiger partial charge in [-0.15, -0.1) is 0 Å². The van der Waals surface area contributed by atoms with Gasteiger partial charge in [0.25, 0.3) is 6.43 Å². The fourth-order valence-corrected chi connectivity index (χ4v) is 2.12. The SMILES string of the molecule is COC(=O)Cc1cnc(I)c(C(F)F)c1CN. The minimum Gasteiger partial charge on any atom is -0.469 e. The molecule has 0 bridgehead atoms. The van der Waals surface area contributed by atoms with Gasteiger partial charge in [0.2, 0.25) is 0 Å². The van der Waals surface area contributed by atoms with Crippen molar-refractivity contribution in [3.63, 3.8) is 0 Å². The van der Waals surface area contributed by atoms with E-state index in [4.69, 9.17) is 5.73 Å². The summed E-state index contributed by atoms with van der Waals surface area (Å²) in [5, 5.41) is 0. The van der Waals surface area contributed by atoms with E-state index in [0.29, 0.717) is 5.56 Å². The second kappa shape index (κ2) is 6.20. The fourth-order valence-electron chi connectivity index (χ4n) is 1.42. The number of rotatable bonds is 4. The third-order valence-electron chi connectivity index (χ3n) is 2.25. The number of hydrogen-bond donors (Lipinski definition) is 1. The summed E-state index contributed by atoms with van der Waals surface area (Å²) in [5.74, 6) is -0.511. The molecule has 7 heteroatoms. The Morgan fingerprint density at radius 2 is 2.29 bits per heavy atom. The van der Waals surface area contributed by atoms with Gasteiger partial charge in [-0.25, -0.2) is 13.8 Å². The van der Waals surface area contributed by atoms with Gasteiger partial charge in [-0.1, -0.05) is 0 Å². The third kappa shape index (κ3) is 3.32. The van der Waals surface area contributed by atoms with Gasteiger partial charge in [-0.2, -0.15) is 0 Å². The van der Waals surface area contributed by atoms with Crippen molar-refractivity contribution in [2.75, 3.05) is 7.11 Å². The Morgan fingerprint density at radius 1 is 1.65 bits per heavy atom. The van der Waals surface area contributed by atoms with Crippen LogP contribution in [0, 0.1) is 3.70 Å². The molecular weight excluding hydrogens is 345 g/mol. The van der Waals surface area contributed by atoms with Crippen LogP contribution in [-0.4, -0.2) is 18.1 Å². The Hall–Kier alpha value is -0.830. The zero-order valence-corrected chi connectivity index (χ0v) is 11.2. The van der Waals surface area contributed by atoms with E-state index in [1.165, 1.54) is 13.3 Å². The van der Waals surface area contributed by atoms with Crippen LogP contribution in [0.1, 0.15) is 23.1 Å². The van der Waals surface area contributed by atoms with Gasteiger partial charge in [0.05, 0.1) is 19.1 Å². The first-order valence-corrected chi connectivity index (χ1v) is 5.80. The number of hydrogen-bond acceptors (Lipinski definition) is 4. The zero-order valence-electron chi connectivity index (χ0n) is 9.04. The summed E-state index contributed by atoms with van der Waals surface area (Å²) < 4.78 is 30.4. The molecule has 0 saturated heterocycles. The number of nitrogens with two attached hydrogens (primary N) is 1. The number of pyridine rings is 1. The third-order valence-corrected chi connectivity index (χ3v) is 3.11. The maximum Gasteiger partial charge on any atom is 0.310 e. The average Bonchev–Trinajstić information content (AvgIpc) is 2.30. The molecule has 1 aromatic rings. The van der Waals surface area contributed by atoms with E-state index >= 15 is 0 Å². The van der Waals surface area contributed by atoms with E-state index < -0.39 is 12.4 Å². The highest BCUT2D eigenvalue weighted by Gasteiger charge is 2.21. The second-order valence-electron chi connectivity index (χ2n) is 3.22. The van der Waals surface area contributed by atoms with Crippen molar-refractivity contribution < 1.29 is 18.3 Å². The Balaban J connectivity index is 3.23. The predicted octanol–water partition coefficient (Wildman–Crippen LogP) is 1.80. The lowest BCUT2D eigenvalue weighted by Crippen LogP contribution is -2.14. The highest BCUT2D eigenvalue weighted by atomic mass is 127. The van der Waals surface area contributed by atoms with Crippen molar-refractivity contribution in [2.45, 2.75) is 19.4 Å². The van der Waals surface area contributed by atoms with Crippen LogP contribution < -0.4 is 5.73 Å². The van der Waals surface area contributed by atoms with E-state index in [0.717, 1.165) is 0 Å².